The molecule has 1 aromatic rings. The molecule has 1 aliphatic carbocycles. The Bertz CT molecular complexity index is 617. The molecule has 26 heavy (non-hydrogen) atoms. The van der Waals surface area contributed by atoms with Crippen molar-refractivity contribution in [3.05, 3.63) is 35.9 Å². The molecule has 0 bridgehead atoms. The first-order valence-electron chi connectivity index (χ1n) is 10.1. The predicted molar refractivity (Wildman–Crippen MR) is 99.7 cm³/mol. The average molecular weight is 358 g/mol. The number of ether oxygens (including phenoxy) is 1. The highest BCUT2D eigenvalue weighted by Gasteiger charge is 2.49. The van der Waals surface area contributed by atoms with Crippen molar-refractivity contribution in [3.63, 3.8) is 0 Å². The maximum atomic E-state index is 12.7. The minimum absolute atomic E-state index is 0.211. The Morgan fingerprint density at radius 2 is 1.85 bits per heavy atom. The fraction of sp³-hybridized carbons (Fsp3) is 0.667. The van der Waals surface area contributed by atoms with E-state index in [2.05, 4.69) is 17.0 Å². The number of morpholine rings is 1. The fourth-order valence-electron chi connectivity index (χ4n) is 5.14. The Labute approximate surface area is 155 Å². The highest BCUT2D eigenvalue weighted by Crippen LogP contribution is 2.46. The van der Waals surface area contributed by atoms with Gasteiger partial charge in [-0.1, -0.05) is 43.2 Å². The van der Waals surface area contributed by atoms with E-state index in [1.165, 1.54) is 12.8 Å². The first-order chi connectivity index (χ1) is 12.7. The first-order valence-corrected chi connectivity index (χ1v) is 10.1. The quantitative estimate of drug-likeness (QED) is 0.898. The number of rotatable bonds is 3. The van der Waals surface area contributed by atoms with Gasteiger partial charge in [-0.3, -0.25) is 9.69 Å². The van der Waals surface area contributed by atoms with Gasteiger partial charge in [0, 0.05) is 31.6 Å². The zero-order chi connectivity index (χ0) is 18.0. The van der Waals surface area contributed by atoms with E-state index in [9.17, 15) is 9.90 Å². The number of piperidine rings is 1. The summed E-state index contributed by atoms with van der Waals surface area (Å²) < 4.78 is 5.36. The summed E-state index contributed by atoms with van der Waals surface area (Å²) in [6.07, 6.45) is 5.18. The van der Waals surface area contributed by atoms with Gasteiger partial charge in [0.05, 0.1) is 25.4 Å². The Balaban J connectivity index is 1.50. The summed E-state index contributed by atoms with van der Waals surface area (Å²) in [5, 5.41) is 11.6. The smallest absolute Gasteiger partial charge is 0.236 e. The summed E-state index contributed by atoms with van der Waals surface area (Å²) in [6.45, 7) is 3.95. The fourth-order valence-corrected chi connectivity index (χ4v) is 5.14. The summed E-state index contributed by atoms with van der Waals surface area (Å²) >= 11 is 0. The maximum Gasteiger partial charge on any atom is 0.236 e. The molecule has 3 fully saturated rings. The zero-order valence-corrected chi connectivity index (χ0v) is 15.5. The number of hydrogen-bond donors (Lipinski definition) is 1. The summed E-state index contributed by atoms with van der Waals surface area (Å²) in [5.41, 5.74) is 0.279. The maximum absolute atomic E-state index is 12.7. The summed E-state index contributed by atoms with van der Waals surface area (Å²) in [6, 6.07) is 10.4. The van der Waals surface area contributed by atoms with Crippen LogP contribution in [0.2, 0.25) is 0 Å². The van der Waals surface area contributed by atoms with Crippen LogP contribution in [0.3, 0.4) is 0 Å². The van der Waals surface area contributed by atoms with E-state index in [-0.39, 0.29) is 11.8 Å². The van der Waals surface area contributed by atoms with Gasteiger partial charge in [0.25, 0.3) is 0 Å². The van der Waals surface area contributed by atoms with Crippen molar-refractivity contribution in [2.24, 2.45) is 5.92 Å². The average Bonchev–Trinajstić information content (AvgIpc) is 2.71. The number of hydrogen-bond acceptors (Lipinski definition) is 4. The van der Waals surface area contributed by atoms with E-state index in [1.807, 2.05) is 23.1 Å². The van der Waals surface area contributed by atoms with Crippen LogP contribution in [0.15, 0.2) is 30.3 Å². The normalized spacial score (nSPS) is 32.9. The lowest BCUT2D eigenvalue weighted by molar-refractivity contribution is -0.147. The van der Waals surface area contributed by atoms with Gasteiger partial charge in [0.15, 0.2) is 0 Å². The lowest BCUT2D eigenvalue weighted by Gasteiger charge is -2.52. The van der Waals surface area contributed by atoms with Crippen molar-refractivity contribution >= 4 is 5.91 Å². The molecule has 142 valence electrons. The molecule has 2 heterocycles. The predicted octanol–water partition coefficient (Wildman–Crippen LogP) is 2.00. The first kappa shape index (κ1) is 18.0. The molecule has 0 unspecified atom stereocenters. The van der Waals surface area contributed by atoms with Crippen LogP contribution in [-0.2, 0) is 15.1 Å². The summed E-state index contributed by atoms with van der Waals surface area (Å²) in [4.78, 5) is 17.0. The third-order valence-electron chi connectivity index (χ3n) is 6.57. The van der Waals surface area contributed by atoms with E-state index >= 15 is 0 Å². The molecule has 5 nitrogen and oxygen atoms in total. The molecule has 2 saturated heterocycles. The van der Waals surface area contributed by atoms with Crippen molar-refractivity contribution in [2.45, 2.75) is 43.7 Å². The molecule has 1 saturated carbocycles. The Morgan fingerprint density at radius 1 is 1.12 bits per heavy atom. The second-order valence-electron chi connectivity index (χ2n) is 7.96. The molecule has 4 rings (SSSR count). The minimum atomic E-state index is -0.759. The van der Waals surface area contributed by atoms with Crippen LogP contribution in [0, 0.1) is 5.92 Å². The van der Waals surface area contributed by atoms with E-state index in [0.717, 1.165) is 24.9 Å². The number of benzene rings is 1. The Morgan fingerprint density at radius 3 is 2.62 bits per heavy atom. The third kappa shape index (κ3) is 3.40. The van der Waals surface area contributed by atoms with Crippen LogP contribution in [0.25, 0.3) is 0 Å². The monoisotopic (exact) mass is 358 g/mol. The highest BCUT2D eigenvalue weighted by molar-refractivity contribution is 5.78. The SMILES string of the molecule is O=C(CN1CC[C@@](O)(c2ccccc2)[C@H]2CCCC[C@@H]21)N1CCOCC1. The van der Waals surface area contributed by atoms with Crippen molar-refractivity contribution in [1.29, 1.82) is 0 Å². The number of aliphatic hydroxyl groups is 1. The third-order valence-corrected chi connectivity index (χ3v) is 6.57. The molecule has 0 radical (unpaired) electrons. The van der Waals surface area contributed by atoms with Gasteiger partial charge in [0.1, 0.15) is 0 Å². The molecular weight excluding hydrogens is 328 g/mol. The van der Waals surface area contributed by atoms with Crippen LogP contribution in [-0.4, -0.2) is 66.2 Å². The van der Waals surface area contributed by atoms with Gasteiger partial charge in [-0.25, -0.2) is 0 Å². The molecule has 1 amide bonds. The number of carbonyl (C=O) groups is 1. The minimum Gasteiger partial charge on any atom is -0.385 e. The topological polar surface area (TPSA) is 53.0 Å². The van der Waals surface area contributed by atoms with Crippen molar-refractivity contribution in [3.8, 4) is 0 Å². The molecule has 1 aromatic carbocycles. The van der Waals surface area contributed by atoms with E-state index in [4.69, 9.17) is 4.74 Å². The van der Waals surface area contributed by atoms with Gasteiger partial charge >= 0.3 is 0 Å². The lowest BCUT2D eigenvalue weighted by atomic mass is 9.66. The van der Waals surface area contributed by atoms with Crippen LogP contribution in [0.5, 0.6) is 0 Å². The van der Waals surface area contributed by atoms with Gasteiger partial charge in [0.2, 0.25) is 5.91 Å². The molecule has 2 aliphatic heterocycles. The molecule has 0 spiro atoms. The number of nitrogens with zero attached hydrogens (tertiary/aromatic N) is 2. The lowest BCUT2D eigenvalue weighted by Crippen LogP contribution is -2.59. The molecule has 0 aromatic heterocycles. The Hall–Kier alpha value is -1.43. The zero-order valence-electron chi connectivity index (χ0n) is 15.5. The second-order valence-corrected chi connectivity index (χ2v) is 7.96. The summed E-state index contributed by atoms with van der Waals surface area (Å²) in [5.74, 6) is 0.424. The van der Waals surface area contributed by atoms with Gasteiger partial charge < -0.3 is 14.7 Å². The van der Waals surface area contributed by atoms with Crippen molar-refractivity contribution < 1.29 is 14.6 Å². The Kier molecular flexibility index (Phi) is 5.30. The number of carbonyl (C=O) groups excluding carboxylic acids is 1. The largest absolute Gasteiger partial charge is 0.385 e. The summed E-state index contributed by atoms with van der Waals surface area (Å²) in [7, 11) is 0. The number of likely N-dealkylation sites (tertiary alicyclic amines) is 1. The van der Waals surface area contributed by atoms with Crippen LogP contribution in [0.1, 0.15) is 37.7 Å². The van der Waals surface area contributed by atoms with Crippen molar-refractivity contribution in [1.82, 2.24) is 9.80 Å². The molecule has 1 N–H and O–H groups in total. The number of amides is 1. The van der Waals surface area contributed by atoms with Crippen LogP contribution < -0.4 is 0 Å². The molecule has 3 aliphatic rings. The molecular formula is C21H30N2O3. The van der Waals surface area contributed by atoms with Crippen molar-refractivity contribution in [2.75, 3.05) is 39.4 Å². The van der Waals surface area contributed by atoms with E-state index in [1.54, 1.807) is 0 Å². The van der Waals surface area contributed by atoms with Crippen LogP contribution in [0.4, 0.5) is 0 Å². The van der Waals surface area contributed by atoms with Crippen LogP contribution >= 0.6 is 0 Å². The second kappa shape index (κ2) is 7.67. The molecule has 3 atom stereocenters. The highest BCUT2D eigenvalue weighted by atomic mass is 16.5. The standard InChI is InChI=1S/C21H30N2O3/c24-20(22-12-14-26-15-13-22)16-23-11-10-21(25,17-6-2-1-3-7-17)18-8-4-5-9-19(18)23/h1-3,6-7,18-19,25H,4-5,8-16H2/t18-,19-,21+/m0/s1. The van der Waals surface area contributed by atoms with Gasteiger partial charge in [-0.15, -0.1) is 0 Å². The van der Waals surface area contributed by atoms with Gasteiger partial charge in [-0.05, 0) is 24.8 Å². The van der Waals surface area contributed by atoms with E-state index in [0.29, 0.717) is 45.3 Å². The molecule has 5 heteroatoms. The van der Waals surface area contributed by atoms with E-state index < -0.39 is 5.60 Å². The van der Waals surface area contributed by atoms with Gasteiger partial charge in [-0.2, -0.15) is 0 Å². The number of fused-ring (bicyclic) bond motifs is 1.